The predicted octanol–water partition coefficient (Wildman–Crippen LogP) is 7.35. The zero-order valence-corrected chi connectivity index (χ0v) is 19.2. The standard InChI is InChI=1S/C27H29N3S/c1-4-9-25-30-26(22-13-8-10-19(2)16-22)27(31-25)23-14-15-28-24(17-23)29-18-20(3)21-11-6-5-7-12-21/h5-8,10-17,20H,4,9,18H2,1-3H3,(H,28,29). The summed E-state index contributed by atoms with van der Waals surface area (Å²) >= 11 is 1.80. The molecule has 0 saturated heterocycles. The smallest absolute Gasteiger partial charge is 0.126 e. The number of benzene rings is 2. The molecule has 4 rings (SSSR count). The molecule has 0 aliphatic rings. The van der Waals surface area contributed by atoms with Crippen LogP contribution in [0.1, 0.15) is 42.3 Å². The highest BCUT2D eigenvalue weighted by Gasteiger charge is 2.16. The van der Waals surface area contributed by atoms with Crippen molar-refractivity contribution in [2.45, 2.75) is 39.5 Å². The van der Waals surface area contributed by atoms with Crippen LogP contribution in [-0.2, 0) is 6.42 Å². The monoisotopic (exact) mass is 427 g/mol. The summed E-state index contributed by atoms with van der Waals surface area (Å²) in [6.07, 6.45) is 4.00. The Bertz CT molecular complexity index is 1130. The second-order valence-electron chi connectivity index (χ2n) is 8.03. The van der Waals surface area contributed by atoms with E-state index in [0.717, 1.165) is 30.9 Å². The molecule has 0 fully saturated rings. The quantitative estimate of drug-likeness (QED) is 0.319. The maximum Gasteiger partial charge on any atom is 0.126 e. The Balaban J connectivity index is 1.61. The van der Waals surface area contributed by atoms with Gasteiger partial charge in [-0.05, 0) is 55.0 Å². The molecule has 1 N–H and O–H groups in total. The van der Waals surface area contributed by atoms with Crippen molar-refractivity contribution in [2.24, 2.45) is 0 Å². The number of hydrogen-bond donors (Lipinski definition) is 1. The Labute approximate surface area is 189 Å². The Morgan fingerprint density at radius 1 is 0.968 bits per heavy atom. The molecular weight excluding hydrogens is 398 g/mol. The fourth-order valence-electron chi connectivity index (χ4n) is 3.69. The van der Waals surface area contributed by atoms with Crippen LogP contribution in [-0.4, -0.2) is 16.5 Å². The molecular formula is C27H29N3S. The summed E-state index contributed by atoms with van der Waals surface area (Å²) in [7, 11) is 0. The highest BCUT2D eigenvalue weighted by molar-refractivity contribution is 7.15. The van der Waals surface area contributed by atoms with E-state index in [1.165, 1.54) is 32.1 Å². The van der Waals surface area contributed by atoms with Crippen LogP contribution < -0.4 is 5.32 Å². The van der Waals surface area contributed by atoms with Gasteiger partial charge in [0.15, 0.2) is 0 Å². The summed E-state index contributed by atoms with van der Waals surface area (Å²) < 4.78 is 0. The minimum Gasteiger partial charge on any atom is -0.369 e. The molecule has 0 radical (unpaired) electrons. The molecule has 0 amide bonds. The van der Waals surface area contributed by atoms with Gasteiger partial charge in [0.25, 0.3) is 0 Å². The molecule has 1 unspecified atom stereocenters. The van der Waals surface area contributed by atoms with Gasteiger partial charge < -0.3 is 5.32 Å². The minimum atomic E-state index is 0.411. The SMILES string of the molecule is CCCc1nc(-c2cccc(C)c2)c(-c2ccnc(NCC(C)c3ccccc3)c2)s1. The number of hydrogen-bond acceptors (Lipinski definition) is 4. The lowest BCUT2D eigenvalue weighted by atomic mass is 10.0. The molecule has 31 heavy (non-hydrogen) atoms. The first-order chi connectivity index (χ1) is 15.1. The number of aryl methyl sites for hydroxylation is 2. The highest BCUT2D eigenvalue weighted by Crippen LogP contribution is 2.38. The van der Waals surface area contributed by atoms with Gasteiger partial charge in [0.1, 0.15) is 5.82 Å². The van der Waals surface area contributed by atoms with Crippen molar-refractivity contribution < 1.29 is 0 Å². The van der Waals surface area contributed by atoms with Gasteiger partial charge in [0.2, 0.25) is 0 Å². The lowest BCUT2D eigenvalue weighted by Crippen LogP contribution is -2.10. The second-order valence-corrected chi connectivity index (χ2v) is 9.11. The Morgan fingerprint density at radius 2 is 1.81 bits per heavy atom. The molecule has 1 atom stereocenters. The Kier molecular flexibility index (Phi) is 6.78. The van der Waals surface area contributed by atoms with E-state index in [-0.39, 0.29) is 0 Å². The summed E-state index contributed by atoms with van der Waals surface area (Å²) in [6.45, 7) is 7.41. The van der Waals surface area contributed by atoms with Crippen molar-refractivity contribution in [3.8, 4) is 21.7 Å². The van der Waals surface area contributed by atoms with Crippen LogP contribution in [0.4, 0.5) is 5.82 Å². The molecule has 4 heteroatoms. The van der Waals surface area contributed by atoms with Crippen molar-refractivity contribution in [2.75, 3.05) is 11.9 Å². The molecule has 0 bridgehead atoms. The minimum absolute atomic E-state index is 0.411. The predicted molar refractivity (Wildman–Crippen MR) is 133 cm³/mol. The number of nitrogens with one attached hydrogen (secondary N) is 1. The van der Waals surface area contributed by atoms with Gasteiger partial charge in [-0.15, -0.1) is 11.3 Å². The largest absolute Gasteiger partial charge is 0.369 e. The fourth-order valence-corrected chi connectivity index (χ4v) is 4.88. The van der Waals surface area contributed by atoms with Gasteiger partial charge in [0, 0.05) is 18.3 Å². The van der Waals surface area contributed by atoms with Gasteiger partial charge in [-0.1, -0.05) is 67.9 Å². The molecule has 0 spiro atoms. The van der Waals surface area contributed by atoms with E-state index in [2.05, 4.69) is 97.8 Å². The Morgan fingerprint density at radius 3 is 2.58 bits per heavy atom. The zero-order valence-electron chi connectivity index (χ0n) is 18.4. The van der Waals surface area contributed by atoms with Crippen LogP contribution in [0.5, 0.6) is 0 Å². The molecule has 2 aromatic heterocycles. The Hall–Kier alpha value is -2.98. The molecule has 4 aromatic rings. The van der Waals surface area contributed by atoms with Crippen molar-refractivity contribution in [3.05, 3.63) is 89.1 Å². The zero-order chi connectivity index (χ0) is 21.6. The molecule has 0 aliphatic heterocycles. The molecule has 3 nitrogen and oxygen atoms in total. The van der Waals surface area contributed by atoms with E-state index >= 15 is 0 Å². The number of rotatable bonds is 8. The van der Waals surface area contributed by atoms with Gasteiger partial charge in [0.05, 0.1) is 15.6 Å². The first-order valence-corrected chi connectivity index (χ1v) is 11.8. The maximum atomic E-state index is 5.01. The van der Waals surface area contributed by atoms with E-state index < -0.39 is 0 Å². The van der Waals surface area contributed by atoms with Gasteiger partial charge in [-0.3, -0.25) is 0 Å². The van der Waals surface area contributed by atoms with E-state index in [9.17, 15) is 0 Å². The summed E-state index contributed by atoms with van der Waals surface area (Å²) in [5.41, 5.74) is 6.01. The van der Waals surface area contributed by atoms with Crippen molar-refractivity contribution in [1.29, 1.82) is 0 Å². The topological polar surface area (TPSA) is 37.8 Å². The summed E-state index contributed by atoms with van der Waals surface area (Å²) in [6, 6.07) is 23.5. The van der Waals surface area contributed by atoms with Crippen LogP contribution in [0, 0.1) is 6.92 Å². The van der Waals surface area contributed by atoms with Crippen molar-refractivity contribution >= 4 is 17.2 Å². The van der Waals surface area contributed by atoms with E-state index in [1.807, 2.05) is 6.20 Å². The van der Waals surface area contributed by atoms with E-state index in [4.69, 9.17) is 4.98 Å². The number of aromatic nitrogens is 2. The molecule has 0 aliphatic carbocycles. The first-order valence-electron chi connectivity index (χ1n) is 11.0. The van der Waals surface area contributed by atoms with Crippen molar-refractivity contribution in [3.63, 3.8) is 0 Å². The third kappa shape index (κ3) is 5.20. The van der Waals surface area contributed by atoms with Crippen LogP contribution >= 0.6 is 11.3 Å². The third-order valence-corrected chi connectivity index (χ3v) is 6.57. The van der Waals surface area contributed by atoms with Gasteiger partial charge in [-0.25, -0.2) is 9.97 Å². The molecule has 158 valence electrons. The molecule has 2 heterocycles. The fraction of sp³-hybridized carbons (Fsp3) is 0.259. The normalized spacial score (nSPS) is 12.0. The van der Waals surface area contributed by atoms with Crippen LogP contribution in [0.25, 0.3) is 21.7 Å². The summed E-state index contributed by atoms with van der Waals surface area (Å²) in [5, 5.41) is 4.72. The van der Waals surface area contributed by atoms with Crippen molar-refractivity contribution in [1.82, 2.24) is 9.97 Å². The number of thiazole rings is 1. The van der Waals surface area contributed by atoms with Crippen LogP contribution in [0.15, 0.2) is 72.9 Å². The highest BCUT2D eigenvalue weighted by atomic mass is 32.1. The van der Waals surface area contributed by atoms with Gasteiger partial charge in [-0.2, -0.15) is 0 Å². The van der Waals surface area contributed by atoms with Crippen LogP contribution in [0.3, 0.4) is 0 Å². The number of anilines is 1. The summed E-state index contributed by atoms with van der Waals surface area (Å²) in [5.74, 6) is 1.31. The lowest BCUT2D eigenvalue weighted by molar-refractivity contribution is 0.801. The summed E-state index contributed by atoms with van der Waals surface area (Å²) in [4.78, 5) is 10.8. The maximum absolute atomic E-state index is 5.01. The van der Waals surface area contributed by atoms with Gasteiger partial charge >= 0.3 is 0 Å². The molecule has 0 saturated carbocycles. The number of nitrogens with zero attached hydrogens (tertiary/aromatic N) is 2. The van der Waals surface area contributed by atoms with Crippen LogP contribution in [0.2, 0.25) is 0 Å². The van der Waals surface area contributed by atoms with E-state index in [1.54, 1.807) is 11.3 Å². The first kappa shape index (κ1) is 21.3. The average molecular weight is 428 g/mol. The molecule has 2 aromatic carbocycles. The van der Waals surface area contributed by atoms with E-state index in [0.29, 0.717) is 5.92 Å². The average Bonchev–Trinajstić information content (AvgIpc) is 3.22. The lowest BCUT2D eigenvalue weighted by Gasteiger charge is -2.14. The number of pyridine rings is 1. The third-order valence-electron chi connectivity index (χ3n) is 5.41. The second kappa shape index (κ2) is 9.88.